The SMILES string of the molecule is CC(NC(=O)C1CCNC1)c1c(F)cccc1Cl.Cl. The predicted molar refractivity (Wildman–Crippen MR) is 76.2 cm³/mol. The van der Waals surface area contributed by atoms with Gasteiger partial charge >= 0.3 is 0 Å². The molecule has 1 aromatic carbocycles. The minimum absolute atomic E-state index is 0. The number of carbonyl (C=O) groups excluding carboxylic acids is 1. The lowest BCUT2D eigenvalue weighted by atomic mass is 10.0. The number of carbonyl (C=O) groups is 1. The zero-order chi connectivity index (χ0) is 13.1. The van der Waals surface area contributed by atoms with Gasteiger partial charge in [0.05, 0.1) is 12.0 Å². The third-order valence-electron chi connectivity index (χ3n) is 3.22. The Morgan fingerprint density at radius 3 is 2.89 bits per heavy atom. The van der Waals surface area contributed by atoms with Gasteiger partial charge in [0.15, 0.2) is 0 Å². The molecule has 1 aliphatic heterocycles. The molecular formula is C13H17Cl2FN2O. The van der Waals surface area contributed by atoms with Gasteiger partial charge < -0.3 is 10.6 Å². The highest BCUT2D eigenvalue weighted by Gasteiger charge is 2.25. The molecule has 2 atom stereocenters. The topological polar surface area (TPSA) is 41.1 Å². The van der Waals surface area contributed by atoms with E-state index < -0.39 is 6.04 Å². The maximum Gasteiger partial charge on any atom is 0.224 e. The van der Waals surface area contributed by atoms with E-state index in [1.807, 2.05) is 0 Å². The zero-order valence-corrected chi connectivity index (χ0v) is 12.2. The van der Waals surface area contributed by atoms with Crippen LogP contribution >= 0.6 is 24.0 Å². The molecule has 0 bridgehead atoms. The Morgan fingerprint density at radius 1 is 1.58 bits per heavy atom. The van der Waals surface area contributed by atoms with Gasteiger partial charge in [-0.1, -0.05) is 17.7 Å². The van der Waals surface area contributed by atoms with E-state index in [1.165, 1.54) is 6.07 Å². The van der Waals surface area contributed by atoms with Crippen LogP contribution in [-0.2, 0) is 4.79 Å². The van der Waals surface area contributed by atoms with Crippen LogP contribution in [0.3, 0.4) is 0 Å². The molecule has 19 heavy (non-hydrogen) atoms. The van der Waals surface area contributed by atoms with Crippen LogP contribution in [0.1, 0.15) is 24.9 Å². The van der Waals surface area contributed by atoms with Crippen LogP contribution in [0.15, 0.2) is 18.2 Å². The van der Waals surface area contributed by atoms with Crippen molar-refractivity contribution in [1.82, 2.24) is 10.6 Å². The van der Waals surface area contributed by atoms with E-state index in [0.717, 1.165) is 13.0 Å². The molecule has 1 heterocycles. The average Bonchev–Trinajstić information content (AvgIpc) is 2.81. The number of nitrogens with one attached hydrogen (secondary N) is 2. The molecule has 0 radical (unpaired) electrons. The van der Waals surface area contributed by atoms with Gasteiger partial charge in [0.25, 0.3) is 0 Å². The van der Waals surface area contributed by atoms with Crippen molar-refractivity contribution in [2.24, 2.45) is 5.92 Å². The second-order valence-electron chi connectivity index (χ2n) is 4.56. The van der Waals surface area contributed by atoms with Crippen LogP contribution in [0, 0.1) is 11.7 Å². The molecule has 2 N–H and O–H groups in total. The summed E-state index contributed by atoms with van der Waals surface area (Å²) < 4.78 is 13.7. The fourth-order valence-electron chi connectivity index (χ4n) is 2.21. The lowest BCUT2D eigenvalue weighted by Gasteiger charge is -2.18. The van der Waals surface area contributed by atoms with Crippen molar-refractivity contribution in [3.8, 4) is 0 Å². The van der Waals surface area contributed by atoms with Gasteiger partial charge in [-0.15, -0.1) is 12.4 Å². The molecule has 1 amide bonds. The first-order chi connectivity index (χ1) is 8.59. The van der Waals surface area contributed by atoms with Crippen molar-refractivity contribution in [2.45, 2.75) is 19.4 Å². The highest BCUT2D eigenvalue weighted by Crippen LogP contribution is 2.26. The molecule has 0 aliphatic carbocycles. The monoisotopic (exact) mass is 306 g/mol. The number of rotatable bonds is 3. The van der Waals surface area contributed by atoms with E-state index in [9.17, 15) is 9.18 Å². The summed E-state index contributed by atoms with van der Waals surface area (Å²) in [6, 6.07) is 4.10. The van der Waals surface area contributed by atoms with Crippen LogP contribution in [0.4, 0.5) is 4.39 Å². The van der Waals surface area contributed by atoms with E-state index in [2.05, 4.69) is 10.6 Å². The van der Waals surface area contributed by atoms with E-state index in [-0.39, 0.29) is 30.0 Å². The first-order valence-corrected chi connectivity index (χ1v) is 6.42. The third-order valence-corrected chi connectivity index (χ3v) is 3.55. The molecule has 106 valence electrons. The van der Waals surface area contributed by atoms with Gasteiger partial charge in [0, 0.05) is 17.1 Å². The van der Waals surface area contributed by atoms with Crippen LogP contribution in [-0.4, -0.2) is 19.0 Å². The second-order valence-corrected chi connectivity index (χ2v) is 4.96. The van der Waals surface area contributed by atoms with Crippen LogP contribution in [0.5, 0.6) is 0 Å². The van der Waals surface area contributed by atoms with Crippen LogP contribution in [0.25, 0.3) is 0 Å². The van der Waals surface area contributed by atoms with Gasteiger partial charge in [0.2, 0.25) is 5.91 Å². The number of halogens is 3. The Kier molecular flexibility index (Phi) is 6.04. The van der Waals surface area contributed by atoms with Gasteiger partial charge in [-0.25, -0.2) is 4.39 Å². The van der Waals surface area contributed by atoms with E-state index in [1.54, 1.807) is 19.1 Å². The van der Waals surface area contributed by atoms with Crippen molar-refractivity contribution in [2.75, 3.05) is 13.1 Å². The molecule has 2 unspecified atom stereocenters. The lowest BCUT2D eigenvalue weighted by molar-refractivity contribution is -0.125. The molecule has 1 fully saturated rings. The Labute approximate surface area is 123 Å². The van der Waals surface area contributed by atoms with E-state index in [0.29, 0.717) is 17.1 Å². The summed E-state index contributed by atoms with van der Waals surface area (Å²) in [4.78, 5) is 11.9. The summed E-state index contributed by atoms with van der Waals surface area (Å²) in [6.07, 6.45) is 0.823. The standard InChI is InChI=1S/C13H16ClFN2O.ClH/c1-8(12-10(14)3-2-4-11(12)15)17-13(18)9-5-6-16-7-9;/h2-4,8-9,16H,5-7H2,1H3,(H,17,18);1H. The highest BCUT2D eigenvalue weighted by atomic mass is 35.5. The van der Waals surface area contributed by atoms with Crippen molar-refractivity contribution in [3.05, 3.63) is 34.6 Å². The Bertz CT molecular complexity index is 430. The molecule has 6 heteroatoms. The molecular weight excluding hydrogens is 290 g/mol. The summed E-state index contributed by atoms with van der Waals surface area (Å²) in [5.41, 5.74) is 0.346. The second kappa shape index (κ2) is 7.08. The van der Waals surface area contributed by atoms with Crippen LogP contribution < -0.4 is 10.6 Å². The summed E-state index contributed by atoms with van der Waals surface area (Å²) in [5, 5.41) is 6.28. The zero-order valence-electron chi connectivity index (χ0n) is 10.6. The maximum atomic E-state index is 13.7. The first-order valence-electron chi connectivity index (χ1n) is 6.04. The van der Waals surface area contributed by atoms with Crippen molar-refractivity contribution >= 4 is 29.9 Å². The first kappa shape index (κ1) is 16.2. The number of hydrogen-bond donors (Lipinski definition) is 2. The number of hydrogen-bond acceptors (Lipinski definition) is 2. The molecule has 3 nitrogen and oxygen atoms in total. The number of benzene rings is 1. The van der Waals surface area contributed by atoms with E-state index >= 15 is 0 Å². The minimum atomic E-state index is -0.424. The smallest absolute Gasteiger partial charge is 0.224 e. The van der Waals surface area contributed by atoms with Crippen molar-refractivity contribution < 1.29 is 9.18 Å². The molecule has 1 saturated heterocycles. The third kappa shape index (κ3) is 3.81. The molecule has 0 spiro atoms. The largest absolute Gasteiger partial charge is 0.349 e. The minimum Gasteiger partial charge on any atom is -0.349 e. The quantitative estimate of drug-likeness (QED) is 0.901. The molecule has 1 aliphatic rings. The van der Waals surface area contributed by atoms with Gasteiger partial charge in [0.1, 0.15) is 5.82 Å². The molecule has 1 aromatic rings. The summed E-state index contributed by atoms with van der Waals surface area (Å²) in [7, 11) is 0. The van der Waals surface area contributed by atoms with Gasteiger partial charge in [-0.2, -0.15) is 0 Å². The molecule has 0 saturated carbocycles. The fourth-order valence-corrected chi connectivity index (χ4v) is 2.53. The molecule has 0 aromatic heterocycles. The van der Waals surface area contributed by atoms with Gasteiger partial charge in [-0.3, -0.25) is 4.79 Å². The maximum absolute atomic E-state index is 13.7. The van der Waals surface area contributed by atoms with E-state index in [4.69, 9.17) is 11.6 Å². The Hall–Kier alpha value is -0.840. The fraction of sp³-hybridized carbons (Fsp3) is 0.462. The highest BCUT2D eigenvalue weighted by molar-refractivity contribution is 6.31. The normalized spacial score (nSPS) is 19.6. The average molecular weight is 307 g/mol. The Balaban J connectivity index is 0.00000180. The van der Waals surface area contributed by atoms with Gasteiger partial charge in [-0.05, 0) is 32.0 Å². The summed E-state index contributed by atoms with van der Waals surface area (Å²) in [5.74, 6) is -0.468. The number of amides is 1. The molecule has 2 rings (SSSR count). The lowest BCUT2D eigenvalue weighted by Crippen LogP contribution is -2.34. The Morgan fingerprint density at radius 2 is 2.32 bits per heavy atom. The van der Waals surface area contributed by atoms with Crippen LogP contribution in [0.2, 0.25) is 5.02 Å². The van der Waals surface area contributed by atoms with Crippen molar-refractivity contribution in [3.63, 3.8) is 0 Å². The summed E-state index contributed by atoms with van der Waals surface area (Å²) >= 11 is 5.96. The van der Waals surface area contributed by atoms with Crippen molar-refractivity contribution in [1.29, 1.82) is 0 Å². The predicted octanol–water partition coefficient (Wildman–Crippen LogP) is 2.69. The summed E-state index contributed by atoms with van der Waals surface area (Å²) in [6.45, 7) is 3.28.